The number of nitrogens with one attached hydrogen (secondary N) is 2. The van der Waals surface area contributed by atoms with Crippen LogP contribution in [0.5, 0.6) is 0 Å². The predicted octanol–water partition coefficient (Wildman–Crippen LogP) is 3.51. The quantitative estimate of drug-likeness (QED) is 0.532. The van der Waals surface area contributed by atoms with Crippen molar-refractivity contribution in [3.63, 3.8) is 0 Å². The number of hydrogen-bond acceptors (Lipinski definition) is 7. The third-order valence-corrected chi connectivity index (χ3v) is 3.99. The molecule has 4 aromatic rings. The maximum Gasteiger partial charge on any atom is 0.227 e. The molecule has 0 fully saturated rings. The maximum atomic E-state index is 13.2. The highest BCUT2D eigenvalue weighted by atomic mass is 19.1. The van der Waals surface area contributed by atoms with Crippen LogP contribution in [-0.2, 0) is 0 Å². The number of anilines is 3. The van der Waals surface area contributed by atoms with Crippen LogP contribution in [0, 0.1) is 5.82 Å². The molecule has 3 aromatic heterocycles. The third-order valence-electron chi connectivity index (χ3n) is 3.99. The first kappa shape index (κ1) is 17.5. The SMILES string of the molecule is C[C@H](Nc1nc(Nc2cnccn2)cc(-n2cccn2)n1)c1ccc(F)cc1. The molecular weight excluding hydrogens is 359 g/mol. The van der Waals surface area contributed by atoms with E-state index in [9.17, 15) is 4.39 Å². The lowest BCUT2D eigenvalue weighted by Crippen LogP contribution is -2.12. The lowest BCUT2D eigenvalue weighted by molar-refractivity contribution is 0.626. The van der Waals surface area contributed by atoms with Crippen molar-refractivity contribution in [3.05, 3.63) is 78.8 Å². The summed E-state index contributed by atoms with van der Waals surface area (Å²) in [5, 5.41) is 10.6. The largest absolute Gasteiger partial charge is 0.348 e. The van der Waals surface area contributed by atoms with Gasteiger partial charge in [-0.2, -0.15) is 15.1 Å². The highest BCUT2D eigenvalue weighted by Gasteiger charge is 2.11. The fourth-order valence-electron chi connectivity index (χ4n) is 2.61. The van der Waals surface area contributed by atoms with E-state index < -0.39 is 0 Å². The zero-order valence-corrected chi connectivity index (χ0v) is 15.0. The molecule has 28 heavy (non-hydrogen) atoms. The topological polar surface area (TPSA) is 93.4 Å². The van der Waals surface area contributed by atoms with Gasteiger partial charge in [-0.05, 0) is 30.7 Å². The van der Waals surface area contributed by atoms with E-state index in [1.165, 1.54) is 12.1 Å². The Morgan fingerprint density at radius 2 is 1.89 bits per heavy atom. The van der Waals surface area contributed by atoms with E-state index in [0.29, 0.717) is 23.4 Å². The van der Waals surface area contributed by atoms with Gasteiger partial charge in [0, 0.05) is 30.9 Å². The average molecular weight is 376 g/mol. The van der Waals surface area contributed by atoms with Gasteiger partial charge in [0.25, 0.3) is 0 Å². The molecule has 9 heteroatoms. The molecule has 4 rings (SSSR count). The first-order chi connectivity index (χ1) is 13.7. The normalized spacial score (nSPS) is 11.8. The van der Waals surface area contributed by atoms with Crippen LogP contribution in [-0.4, -0.2) is 29.7 Å². The van der Waals surface area contributed by atoms with Gasteiger partial charge in [-0.1, -0.05) is 12.1 Å². The van der Waals surface area contributed by atoms with Crippen LogP contribution in [0.2, 0.25) is 0 Å². The van der Waals surface area contributed by atoms with Crippen LogP contribution in [0.15, 0.2) is 67.4 Å². The van der Waals surface area contributed by atoms with Crippen molar-refractivity contribution < 1.29 is 4.39 Å². The van der Waals surface area contributed by atoms with Crippen molar-refractivity contribution in [1.82, 2.24) is 29.7 Å². The van der Waals surface area contributed by atoms with Gasteiger partial charge in [0.05, 0.1) is 12.2 Å². The van der Waals surface area contributed by atoms with Crippen molar-refractivity contribution in [2.45, 2.75) is 13.0 Å². The number of halogens is 1. The summed E-state index contributed by atoms with van der Waals surface area (Å²) in [5.41, 5.74) is 0.915. The zero-order chi connectivity index (χ0) is 19.3. The summed E-state index contributed by atoms with van der Waals surface area (Å²) in [5.74, 6) is 1.81. The van der Waals surface area contributed by atoms with Gasteiger partial charge in [0.1, 0.15) is 17.5 Å². The van der Waals surface area contributed by atoms with Gasteiger partial charge >= 0.3 is 0 Å². The first-order valence-corrected chi connectivity index (χ1v) is 8.61. The van der Waals surface area contributed by atoms with Crippen LogP contribution in [0.25, 0.3) is 5.82 Å². The molecular formula is C19H17FN8. The van der Waals surface area contributed by atoms with E-state index in [0.717, 1.165) is 5.56 Å². The molecule has 1 aromatic carbocycles. The summed E-state index contributed by atoms with van der Waals surface area (Å²) in [7, 11) is 0. The predicted molar refractivity (Wildman–Crippen MR) is 103 cm³/mol. The van der Waals surface area contributed by atoms with E-state index in [-0.39, 0.29) is 11.9 Å². The van der Waals surface area contributed by atoms with Crippen molar-refractivity contribution in [1.29, 1.82) is 0 Å². The summed E-state index contributed by atoms with van der Waals surface area (Å²) >= 11 is 0. The molecule has 0 unspecified atom stereocenters. The molecule has 3 heterocycles. The van der Waals surface area contributed by atoms with Crippen LogP contribution in [0.3, 0.4) is 0 Å². The van der Waals surface area contributed by atoms with Gasteiger partial charge in [-0.3, -0.25) is 4.98 Å². The molecule has 0 saturated carbocycles. The molecule has 0 spiro atoms. The molecule has 0 radical (unpaired) electrons. The summed E-state index contributed by atoms with van der Waals surface area (Å²) < 4.78 is 14.8. The molecule has 8 nitrogen and oxygen atoms in total. The van der Waals surface area contributed by atoms with Crippen LogP contribution in [0.1, 0.15) is 18.5 Å². The fraction of sp³-hybridized carbons (Fsp3) is 0.105. The molecule has 140 valence electrons. The van der Waals surface area contributed by atoms with Gasteiger partial charge in [-0.25, -0.2) is 14.1 Å². The monoisotopic (exact) mass is 376 g/mol. The second-order valence-electron chi connectivity index (χ2n) is 6.02. The highest BCUT2D eigenvalue weighted by molar-refractivity contribution is 5.55. The minimum Gasteiger partial charge on any atom is -0.348 e. The Morgan fingerprint density at radius 3 is 2.61 bits per heavy atom. The zero-order valence-electron chi connectivity index (χ0n) is 15.0. The van der Waals surface area contributed by atoms with Crippen LogP contribution in [0.4, 0.5) is 22.0 Å². The second kappa shape index (κ2) is 7.78. The van der Waals surface area contributed by atoms with E-state index in [1.807, 2.05) is 13.0 Å². The number of rotatable bonds is 6. The Balaban J connectivity index is 1.64. The molecule has 1 atom stereocenters. The van der Waals surface area contributed by atoms with E-state index in [2.05, 4.69) is 35.7 Å². The highest BCUT2D eigenvalue weighted by Crippen LogP contribution is 2.21. The summed E-state index contributed by atoms with van der Waals surface area (Å²) in [6.07, 6.45) is 8.25. The van der Waals surface area contributed by atoms with E-state index in [4.69, 9.17) is 0 Å². The van der Waals surface area contributed by atoms with Gasteiger partial charge in [0.2, 0.25) is 5.95 Å². The summed E-state index contributed by atoms with van der Waals surface area (Å²) in [6.45, 7) is 1.95. The number of benzene rings is 1. The standard InChI is InChI=1S/C19H17FN8/c1-13(14-3-5-15(20)6-4-14)24-19-26-16(25-17-12-21-8-9-22-17)11-18(27-19)28-10-2-7-23-28/h2-13H,1H3,(H2,22,24,25,26,27)/t13-/m0/s1. The van der Waals surface area contributed by atoms with Crippen LogP contribution < -0.4 is 10.6 Å². The number of aromatic nitrogens is 6. The molecule has 0 aliphatic heterocycles. The lowest BCUT2D eigenvalue weighted by atomic mass is 10.1. The van der Waals surface area contributed by atoms with Gasteiger partial charge in [-0.15, -0.1) is 0 Å². The van der Waals surface area contributed by atoms with Crippen molar-refractivity contribution in [2.75, 3.05) is 10.6 Å². The summed E-state index contributed by atoms with van der Waals surface area (Å²) in [4.78, 5) is 17.3. The fourth-order valence-corrected chi connectivity index (χ4v) is 2.61. The molecule has 0 amide bonds. The Kier molecular flexibility index (Phi) is 4.87. The van der Waals surface area contributed by atoms with Crippen molar-refractivity contribution in [2.24, 2.45) is 0 Å². The average Bonchev–Trinajstić information content (AvgIpc) is 3.24. The van der Waals surface area contributed by atoms with E-state index in [1.54, 1.807) is 53.9 Å². The Hall–Kier alpha value is -3.88. The minimum atomic E-state index is -0.275. The lowest BCUT2D eigenvalue weighted by Gasteiger charge is -2.16. The van der Waals surface area contributed by atoms with Crippen LogP contribution >= 0.6 is 0 Å². The van der Waals surface area contributed by atoms with Crippen molar-refractivity contribution in [3.8, 4) is 5.82 Å². The Bertz CT molecular complexity index is 1040. The Labute approximate surface area is 160 Å². The number of hydrogen-bond donors (Lipinski definition) is 2. The first-order valence-electron chi connectivity index (χ1n) is 8.61. The van der Waals surface area contributed by atoms with Gasteiger partial charge < -0.3 is 10.6 Å². The molecule has 0 saturated heterocycles. The van der Waals surface area contributed by atoms with Crippen molar-refractivity contribution >= 4 is 17.6 Å². The molecule has 0 aliphatic carbocycles. The van der Waals surface area contributed by atoms with E-state index >= 15 is 0 Å². The minimum absolute atomic E-state index is 0.127. The summed E-state index contributed by atoms with van der Waals surface area (Å²) in [6, 6.07) is 9.75. The maximum absolute atomic E-state index is 13.2. The smallest absolute Gasteiger partial charge is 0.227 e. The molecule has 0 bridgehead atoms. The van der Waals surface area contributed by atoms with Gasteiger partial charge in [0.15, 0.2) is 5.82 Å². The second-order valence-corrected chi connectivity index (χ2v) is 6.02. The Morgan fingerprint density at radius 1 is 1.04 bits per heavy atom. The third kappa shape index (κ3) is 4.09. The number of nitrogens with zero attached hydrogens (tertiary/aromatic N) is 6. The molecule has 2 N–H and O–H groups in total. The molecule has 0 aliphatic rings.